The van der Waals surface area contributed by atoms with Crippen LogP contribution in [0.1, 0.15) is 56.8 Å². The molecule has 1 aliphatic rings. The molecule has 0 bridgehead atoms. The topological polar surface area (TPSA) is 34.0 Å². The number of pyridine rings is 1. The van der Waals surface area contributed by atoms with Gasteiger partial charge in [0.2, 0.25) is 0 Å². The highest BCUT2D eigenvalue weighted by Crippen LogP contribution is 2.29. The molecule has 2 aromatic rings. The molecule has 4 nitrogen and oxygen atoms in total. The minimum atomic E-state index is -0.138. The van der Waals surface area contributed by atoms with Crippen LogP contribution < -0.4 is 5.01 Å². The second-order valence-corrected chi connectivity index (χ2v) is 6.92. The quantitative estimate of drug-likeness (QED) is 0.788. The van der Waals surface area contributed by atoms with Crippen LogP contribution in [-0.2, 0) is 0 Å². The molecule has 21 heavy (non-hydrogen) atoms. The van der Waals surface area contributed by atoms with Crippen LogP contribution >= 0.6 is 11.6 Å². The normalized spacial score (nSPS) is 24.5. The van der Waals surface area contributed by atoms with Gasteiger partial charge in [0, 0.05) is 18.3 Å². The molecule has 3 heterocycles. The Bertz CT molecular complexity index is 639. The molecule has 1 fully saturated rings. The van der Waals surface area contributed by atoms with Crippen molar-refractivity contribution in [2.45, 2.75) is 64.4 Å². The van der Waals surface area contributed by atoms with Crippen LogP contribution in [0.15, 0.2) is 12.3 Å². The van der Waals surface area contributed by atoms with Gasteiger partial charge in [-0.1, -0.05) is 0 Å². The number of rotatable bonds is 2. The Morgan fingerprint density at radius 2 is 1.95 bits per heavy atom. The van der Waals surface area contributed by atoms with E-state index in [0.29, 0.717) is 12.1 Å². The van der Waals surface area contributed by atoms with Gasteiger partial charge in [-0.2, -0.15) is 0 Å². The molecule has 3 atom stereocenters. The van der Waals surface area contributed by atoms with Crippen molar-refractivity contribution in [3.05, 3.63) is 23.7 Å². The molecule has 3 rings (SSSR count). The summed E-state index contributed by atoms with van der Waals surface area (Å²) >= 11 is 6.40. The summed E-state index contributed by atoms with van der Waals surface area (Å²) in [5.41, 5.74) is 2.98. The molecule has 0 spiro atoms. The maximum absolute atomic E-state index is 6.40. The van der Waals surface area contributed by atoms with E-state index in [-0.39, 0.29) is 5.38 Å². The molecule has 0 saturated carbocycles. The lowest BCUT2D eigenvalue weighted by atomic mass is 10.00. The second-order valence-electron chi connectivity index (χ2n) is 6.26. The van der Waals surface area contributed by atoms with Crippen molar-refractivity contribution < 1.29 is 0 Å². The van der Waals surface area contributed by atoms with Crippen LogP contribution in [0.25, 0.3) is 11.2 Å². The summed E-state index contributed by atoms with van der Waals surface area (Å²) in [7, 11) is 0. The van der Waals surface area contributed by atoms with Gasteiger partial charge in [0.15, 0.2) is 5.65 Å². The van der Waals surface area contributed by atoms with Crippen molar-refractivity contribution in [3.63, 3.8) is 0 Å². The lowest BCUT2D eigenvalue weighted by Crippen LogP contribution is -2.51. The van der Waals surface area contributed by atoms with Gasteiger partial charge in [0.25, 0.3) is 0 Å². The van der Waals surface area contributed by atoms with Crippen LogP contribution in [0.4, 0.5) is 0 Å². The zero-order valence-corrected chi connectivity index (χ0v) is 13.9. The van der Waals surface area contributed by atoms with Crippen LogP contribution in [-0.4, -0.2) is 26.7 Å². The lowest BCUT2D eigenvalue weighted by molar-refractivity contribution is 0.334. The molecule has 0 aromatic carbocycles. The molecule has 0 amide bonds. The smallest absolute Gasteiger partial charge is 0.179 e. The number of hydrogen-bond donors (Lipinski definition) is 0. The van der Waals surface area contributed by atoms with Gasteiger partial charge < -0.3 is 5.01 Å². The van der Waals surface area contributed by atoms with Gasteiger partial charge in [-0.15, -0.1) is 11.6 Å². The maximum Gasteiger partial charge on any atom is 0.179 e. The fourth-order valence-electron chi connectivity index (χ4n) is 3.36. The Morgan fingerprint density at radius 1 is 1.29 bits per heavy atom. The number of nitrogens with zero attached hydrogens (tertiary/aromatic N) is 4. The van der Waals surface area contributed by atoms with E-state index in [4.69, 9.17) is 16.6 Å². The average molecular weight is 307 g/mol. The molecule has 2 aromatic heterocycles. The number of aryl methyl sites for hydroxylation is 1. The predicted octanol–water partition coefficient (Wildman–Crippen LogP) is 3.94. The third-order valence-corrected chi connectivity index (χ3v) is 4.57. The van der Waals surface area contributed by atoms with E-state index in [1.165, 1.54) is 19.3 Å². The first kappa shape index (κ1) is 14.6. The monoisotopic (exact) mass is 306 g/mol. The summed E-state index contributed by atoms with van der Waals surface area (Å²) in [4.78, 5) is 9.37. The van der Waals surface area contributed by atoms with Gasteiger partial charge in [-0.3, -0.25) is 0 Å². The van der Waals surface area contributed by atoms with Gasteiger partial charge in [0.05, 0.1) is 5.38 Å². The van der Waals surface area contributed by atoms with Gasteiger partial charge in [-0.25, -0.2) is 14.6 Å². The molecule has 114 valence electrons. The van der Waals surface area contributed by atoms with Crippen molar-refractivity contribution in [2.75, 3.05) is 5.01 Å². The van der Waals surface area contributed by atoms with Crippen molar-refractivity contribution in [1.29, 1.82) is 0 Å². The lowest BCUT2D eigenvalue weighted by Gasteiger charge is -2.42. The first-order valence-corrected chi connectivity index (χ1v) is 8.20. The zero-order valence-electron chi connectivity index (χ0n) is 13.2. The number of hydrogen-bond acceptors (Lipinski definition) is 3. The van der Waals surface area contributed by atoms with Crippen molar-refractivity contribution in [2.24, 2.45) is 0 Å². The van der Waals surface area contributed by atoms with Gasteiger partial charge in [-0.05, 0) is 58.6 Å². The standard InChI is InChI=1S/C16H23ClN4/c1-10-8-14-16(18-9-10)21(15(19-14)13(4)17)20-11(2)6-5-7-12(20)3/h8-9,11-13H,5-7H2,1-4H3. The number of fused-ring (bicyclic) bond motifs is 1. The molecule has 3 unspecified atom stereocenters. The number of piperidine rings is 1. The SMILES string of the molecule is Cc1cnc2c(c1)nc(C(C)Cl)n2N1C(C)CCCC1C. The summed E-state index contributed by atoms with van der Waals surface area (Å²) in [6, 6.07) is 3.03. The van der Waals surface area contributed by atoms with E-state index in [2.05, 4.69) is 34.6 Å². The van der Waals surface area contributed by atoms with Crippen LogP contribution in [0, 0.1) is 6.92 Å². The van der Waals surface area contributed by atoms with E-state index in [1.807, 2.05) is 20.0 Å². The molecule has 1 aliphatic heterocycles. The van der Waals surface area contributed by atoms with Crippen molar-refractivity contribution >= 4 is 22.8 Å². The largest absolute Gasteiger partial charge is 0.304 e. The first-order chi connectivity index (χ1) is 9.99. The minimum Gasteiger partial charge on any atom is -0.304 e. The second kappa shape index (κ2) is 5.48. The molecule has 5 heteroatoms. The summed E-state index contributed by atoms with van der Waals surface area (Å²) in [5.74, 6) is 0.894. The van der Waals surface area contributed by atoms with Gasteiger partial charge in [0.1, 0.15) is 11.3 Å². The van der Waals surface area contributed by atoms with Crippen molar-refractivity contribution in [3.8, 4) is 0 Å². The number of alkyl halides is 1. The summed E-state index contributed by atoms with van der Waals surface area (Å²) < 4.78 is 2.17. The highest BCUT2D eigenvalue weighted by molar-refractivity contribution is 6.20. The third-order valence-electron chi connectivity index (χ3n) is 4.37. The fourth-order valence-corrected chi connectivity index (χ4v) is 3.50. The van der Waals surface area contributed by atoms with E-state index < -0.39 is 0 Å². The third kappa shape index (κ3) is 2.50. The summed E-state index contributed by atoms with van der Waals surface area (Å²) in [6.45, 7) is 8.57. The highest BCUT2D eigenvalue weighted by Gasteiger charge is 2.30. The Balaban J connectivity index is 2.21. The van der Waals surface area contributed by atoms with E-state index in [1.54, 1.807) is 0 Å². The van der Waals surface area contributed by atoms with E-state index in [9.17, 15) is 0 Å². The highest BCUT2D eigenvalue weighted by atomic mass is 35.5. The van der Waals surface area contributed by atoms with Crippen molar-refractivity contribution in [1.82, 2.24) is 14.6 Å². The molecule has 0 aliphatic carbocycles. The first-order valence-electron chi connectivity index (χ1n) is 7.76. The summed E-state index contributed by atoms with van der Waals surface area (Å²) in [6.07, 6.45) is 5.59. The fraction of sp³-hybridized carbons (Fsp3) is 0.625. The molecule has 0 radical (unpaired) electrons. The Kier molecular flexibility index (Phi) is 3.82. The Morgan fingerprint density at radius 3 is 2.57 bits per heavy atom. The van der Waals surface area contributed by atoms with E-state index >= 15 is 0 Å². The molecular weight excluding hydrogens is 284 g/mol. The van der Waals surface area contributed by atoms with Gasteiger partial charge >= 0.3 is 0 Å². The molecule has 1 saturated heterocycles. The van der Waals surface area contributed by atoms with Crippen LogP contribution in [0.5, 0.6) is 0 Å². The zero-order chi connectivity index (χ0) is 15.1. The maximum atomic E-state index is 6.40. The molecule has 0 N–H and O–H groups in total. The Labute approximate surface area is 131 Å². The predicted molar refractivity (Wildman–Crippen MR) is 87.5 cm³/mol. The Hall–Kier alpha value is -1.29. The molecular formula is C16H23ClN4. The van der Waals surface area contributed by atoms with E-state index in [0.717, 1.165) is 22.6 Å². The number of imidazole rings is 1. The van der Waals surface area contributed by atoms with Crippen LogP contribution in [0.3, 0.4) is 0 Å². The average Bonchev–Trinajstić information content (AvgIpc) is 2.77. The summed E-state index contributed by atoms with van der Waals surface area (Å²) in [5, 5.41) is 2.27. The minimum absolute atomic E-state index is 0.138. The number of halogens is 1. The number of aromatic nitrogens is 3. The van der Waals surface area contributed by atoms with Crippen LogP contribution in [0.2, 0.25) is 0 Å².